The van der Waals surface area contributed by atoms with Crippen molar-refractivity contribution in [3.63, 3.8) is 0 Å². The maximum absolute atomic E-state index is 12.3. The summed E-state index contributed by atoms with van der Waals surface area (Å²) in [6.07, 6.45) is -5.45. The largest absolute Gasteiger partial charge is 0.470 e. The zero-order chi connectivity index (χ0) is 20.6. The number of carbonyl (C=O) groups is 1. The van der Waals surface area contributed by atoms with Crippen molar-refractivity contribution >= 4 is 24.8 Å². The lowest BCUT2D eigenvalue weighted by Crippen LogP contribution is -2.44. The number of fused-ring (bicyclic) bond motifs is 1. The van der Waals surface area contributed by atoms with E-state index in [-0.39, 0.29) is 17.6 Å². The number of Topliss-reactive ketones (excluding diaryl/α,β-unsaturated/α-hetero) is 1. The molecule has 2 aromatic heterocycles. The molecule has 13 nitrogen and oxygen atoms in total. The van der Waals surface area contributed by atoms with Crippen molar-refractivity contribution in [2.75, 3.05) is 0 Å². The van der Waals surface area contributed by atoms with E-state index in [1.165, 1.54) is 4.57 Å². The molecule has 5 N–H and O–H groups in total. The van der Waals surface area contributed by atoms with Crippen molar-refractivity contribution in [3.8, 4) is 0 Å². The average Bonchev–Trinajstić information content (AvgIpc) is 3.16. The van der Waals surface area contributed by atoms with Gasteiger partial charge in [0.15, 0.2) is 29.3 Å². The first-order valence-electron chi connectivity index (χ1n) is 8.32. The zero-order valence-electron chi connectivity index (χ0n) is 14.6. The number of nitrogens with one attached hydrogen (secondary N) is 1. The van der Waals surface area contributed by atoms with Gasteiger partial charge < -0.3 is 29.7 Å². The van der Waals surface area contributed by atoms with E-state index in [2.05, 4.69) is 19.5 Å². The monoisotopic (exact) mass is 418 g/mol. The van der Waals surface area contributed by atoms with Crippen LogP contribution in [0, 0.1) is 0 Å². The highest BCUT2D eigenvalue weighted by Crippen LogP contribution is 2.42. The number of aliphatic hydroxyl groups excluding tert-OH is 2. The molecule has 0 bridgehead atoms. The van der Waals surface area contributed by atoms with Gasteiger partial charge in [0.25, 0.3) is 5.56 Å². The van der Waals surface area contributed by atoms with E-state index in [1.54, 1.807) is 6.92 Å². The highest BCUT2D eigenvalue weighted by molar-refractivity contribution is 7.46. The molecule has 0 spiro atoms. The van der Waals surface area contributed by atoms with Gasteiger partial charge in [-0.15, -0.1) is 0 Å². The quantitative estimate of drug-likeness (QED) is 0.331. The normalized spacial score (nSPS) is 26.6. The Labute approximate surface area is 157 Å². The van der Waals surface area contributed by atoms with Gasteiger partial charge in [0, 0.05) is 6.42 Å². The second kappa shape index (κ2) is 7.79. The molecular weight excluding hydrogens is 399 g/mol. The zero-order valence-corrected chi connectivity index (χ0v) is 15.5. The molecule has 0 saturated carbocycles. The van der Waals surface area contributed by atoms with Crippen LogP contribution in [0.3, 0.4) is 0 Å². The van der Waals surface area contributed by atoms with Gasteiger partial charge in [0.2, 0.25) is 0 Å². The molecule has 0 radical (unpaired) electrons. The van der Waals surface area contributed by atoms with Crippen molar-refractivity contribution in [2.45, 2.75) is 50.4 Å². The number of aliphatic hydroxyl groups is 2. The molecular formula is C14H19N4O9P. The molecule has 1 aliphatic rings. The van der Waals surface area contributed by atoms with E-state index in [0.29, 0.717) is 6.42 Å². The summed E-state index contributed by atoms with van der Waals surface area (Å²) < 4.78 is 22.5. The predicted molar refractivity (Wildman–Crippen MR) is 90.9 cm³/mol. The summed E-state index contributed by atoms with van der Waals surface area (Å²) in [5, 5.41) is 20.7. The van der Waals surface area contributed by atoms with Crippen molar-refractivity contribution in [1.82, 2.24) is 19.5 Å². The molecule has 0 amide bonds. The van der Waals surface area contributed by atoms with Crippen LogP contribution in [0.4, 0.5) is 0 Å². The Balaban J connectivity index is 1.95. The summed E-state index contributed by atoms with van der Waals surface area (Å²) in [6, 6.07) is 0. The summed E-state index contributed by atoms with van der Waals surface area (Å²) >= 11 is 0. The number of nitrogens with zero attached hydrogens (tertiary/aromatic N) is 3. The van der Waals surface area contributed by atoms with E-state index >= 15 is 0 Å². The van der Waals surface area contributed by atoms with Crippen molar-refractivity contribution in [3.05, 3.63) is 23.0 Å². The van der Waals surface area contributed by atoms with Crippen LogP contribution in [-0.4, -0.2) is 69.7 Å². The molecule has 28 heavy (non-hydrogen) atoms. The minimum atomic E-state index is -5.09. The Bertz CT molecular complexity index is 969. The van der Waals surface area contributed by atoms with E-state index in [1.807, 2.05) is 0 Å². The molecule has 0 aliphatic carbocycles. The summed E-state index contributed by atoms with van der Waals surface area (Å²) in [5.74, 6) is -0.701. The molecule has 2 aromatic rings. The van der Waals surface area contributed by atoms with Gasteiger partial charge in [-0.25, -0.2) is 14.5 Å². The van der Waals surface area contributed by atoms with Crippen molar-refractivity contribution in [2.24, 2.45) is 0 Å². The number of ketones is 1. The minimum Gasteiger partial charge on any atom is -0.387 e. The summed E-state index contributed by atoms with van der Waals surface area (Å²) in [5.41, 5.74) is -0.525. The summed E-state index contributed by atoms with van der Waals surface area (Å²) in [4.78, 5) is 52.4. The number of rotatable bonds is 7. The van der Waals surface area contributed by atoms with Gasteiger partial charge in [-0.3, -0.25) is 18.7 Å². The second-order valence-corrected chi connectivity index (χ2v) is 7.45. The highest BCUT2D eigenvalue weighted by atomic mass is 31.2. The topological polar surface area (TPSA) is 197 Å². The van der Waals surface area contributed by atoms with Crippen LogP contribution in [-0.2, 0) is 18.6 Å². The van der Waals surface area contributed by atoms with Crippen LogP contribution in [0.5, 0.6) is 0 Å². The van der Waals surface area contributed by atoms with Gasteiger partial charge >= 0.3 is 7.82 Å². The van der Waals surface area contributed by atoms with Gasteiger partial charge in [-0.2, -0.15) is 0 Å². The Morgan fingerprint density at radius 3 is 2.75 bits per heavy atom. The molecule has 1 saturated heterocycles. The lowest BCUT2D eigenvalue weighted by molar-refractivity contribution is -0.140. The highest BCUT2D eigenvalue weighted by Gasteiger charge is 2.51. The summed E-state index contributed by atoms with van der Waals surface area (Å²) in [6.45, 7) is 1.68. The van der Waals surface area contributed by atoms with Gasteiger partial charge in [-0.1, -0.05) is 6.92 Å². The average molecular weight is 418 g/mol. The molecule has 3 rings (SSSR count). The number of H-pyrrole nitrogens is 1. The Morgan fingerprint density at radius 2 is 2.11 bits per heavy atom. The molecule has 0 aromatic carbocycles. The number of carbonyl (C=O) groups excluding carboxylic acids is 1. The fraction of sp³-hybridized carbons (Fsp3) is 0.571. The molecule has 154 valence electrons. The van der Waals surface area contributed by atoms with E-state index < -0.39 is 49.8 Å². The van der Waals surface area contributed by atoms with Gasteiger partial charge in [0.1, 0.15) is 18.3 Å². The van der Waals surface area contributed by atoms with Crippen LogP contribution in [0.25, 0.3) is 11.2 Å². The summed E-state index contributed by atoms with van der Waals surface area (Å²) in [7, 11) is -5.09. The number of phosphoric ester groups is 1. The van der Waals surface area contributed by atoms with Gasteiger partial charge in [-0.05, 0) is 6.42 Å². The molecule has 3 heterocycles. The van der Waals surface area contributed by atoms with E-state index in [0.717, 1.165) is 12.7 Å². The molecule has 5 atom stereocenters. The number of ether oxygens (including phenoxy) is 1. The van der Waals surface area contributed by atoms with Crippen LogP contribution in [0.2, 0.25) is 0 Å². The van der Waals surface area contributed by atoms with Gasteiger partial charge in [0.05, 0.1) is 12.7 Å². The SMILES string of the molecule is CCCC(=O)C(OP(=O)(O)O)[C@H]1O[C@@H](n2cnc3c(=O)[nH]cnc32)[C@H](O)[C@@H]1O. The number of phosphoric acid groups is 1. The maximum Gasteiger partial charge on any atom is 0.470 e. The maximum atomic E-state index is 12.3. The Kier molecular flexibility index (Phi) is 5.77. The fourth-order valence-electron chi connectivity index (χ4n) is 3.05. The lowest BCUT2D eigenvalue weighted by Gasteiger charge is -2.24. The predicted octanol–water partition coefficient (Wildman–Crippen LogP) is -1.41. The number of hydrogen-bond donors (Lipinski definition) is 5. The first kappa shape index (κ1) is 20.7. The molecule has 1 aliphatic heterocycles. The second-order valence-electron chi connectivity index (χ2n) is 6.26. The third kappa shape index (κ3) is 3.91. The lowest BCUT2D eigenvalue weighted by atomic mass is 10.0. The standard InChI is InChI=1S/C14H19N4O9P/c1-2-3-6(19)10(27-28(23,24)25)11-8(20)9(21)14(26-11)18-5-17-7-12(18)15-4-16-13(7)22/h4-5,8-11,14,20-21H,2-3H2,1H3,(H,15,16,22)(H2,23,24,25)/t8-,9+,10?,11-,14+/m0/s1. The number of hydrogen-bond acceptors (Lipinski definition) is 9. The first-order valence-corrected chi connectivity index (χ1v) is 9.85. The minimum absolute atomic E-state index is 0.0404. The Morgan fingerprint density at radius 1 is 1.39 bits per heavy atom. The number of imidazole rings is 1. The molecule has 1 fully saturated rings. The van der Waals surface area contributed by atoms with Crippen molar-refractivity contribution < 1.29 is 38.6 Å². The van der Waals surface area contributed by atoms with E-state index in [4.69, 9.17) is 14.5 Å². The van der Waals surface area contributed by atoms with Crippen LogP contribution < -0.4 is 5.56 Å². The third-order valence-electron chi connectivity index (χ3n) is 4.28. The Hall–Kier alpha value is -1.99. The molecule has 1 unspecified atom stereocenters. The van der Waals surface area contributed by atoms with E-state index in [9.17, 15) is 24.4 Å². The van der Waals surface area contributed by atoms with Crippen LogP contribution >= 0.6 is 7.82 Å². The third-order valence-corrected chi connectivity index (χ3v) is 4.78. The fourth-order valence-corrected chi connectivity index (χ4v) is 3.59. The van der Waals surface area contributed by atoms with Crippen LogP contribution in [0.15, 0.2) is 17.4 Å². The first-order chi connectivity index (χ1) is 13.1. The smallest absolute Gasteiger partial charge is 0.387 e. The number of aromatic nitrogens is 4. The number of aromatic amines is 1. The van der Waals surface area contributed by atoms with Crippen LogP contribution in [0.1, 0.15) is 26.0 Å². The van der Waals surface area contributed by atoms with Crippen molar-refractivity contribution in [1.29, 1.82) is 0 Å². The molecule has 14 heteroatoms.